The van der Waals surface area contributed by atoms with Crippen LogP contribution in [0.5, 0.6) is 0 Å². The van der Waals surface area contributed by atoms with Gasteiger partial charge in [0.2, 0.25) is 0 Å². The standard InChI is InChI=1S/C18H36O2.C5H11NS2.Zn/c1-2-3-4-5-6-7-8-9-10-11-12-13-14-15-16-17-18(19)20;1-3-6(4-2)5(7)8;/h2-17H2,1H3,(H,19,20);3-4H2,1-2H3,(H,7,8);. The zero-order valence-corrected chi connectivity index (χ0v) is 24.3. The van der Waals surface area contributed by atoms with Gasteiger partial charge in [-0.15, -0.1) is 12.6 Å². The number of aliphatic carboxylic acids is 1. The van der Waals surface area contributed by atoms with Crippen molar-refractivity contribution in [3.05, 3.63) is 0 Å². The fourth-order valence-electron chi connectivity index (χ4n) is 3.14. The van der Waals surface area contributed by atoms with E-state index >= 15 is 0 Å². The molecule has 0 spiro atoms. The van der Waals surface area contributed by atoms with Crippen LogP contribution in [0, 0.1) is 0 Å². The molecule has 0 atom stereocenters. The molecule has 0 aromatic rings. The van der Waals surface area contributed by atoms with Crippen LogP contribution in [0.3, 0.4) is 0 Å². The average Bonchev–Trinajstić information content (AvgIpc) is 2.66. The van der Waals surface area contributed by atoms with Crippen LogP contribution < -0.4 is 0 Å². The third kappa shape index (κ3) is 30.6. The van der Waals surface area contributed by atoms with Gasteiger partial charge in [-0.2, -0.15) is 0 Å². The molecule has 0 aliphatic rings. The summed E-state index contributed by atoms with van der Waals surface area (Å²) in [6.45, 7) is 8.31. The quantitative estimate of drug-likeness (QED) is 0.0872. The van der Waals surface area contributed by atoms with E-state index in [1.807, 2.05) is 4.90 Å². The van der Waals surface area contributed by atoms with Gasteiger partial charge in [-0.25, -0.2) is 0 Å². The molecule has 170 valence electrons. The Labute approximate surface area is 205 Å². The van der Waals surface area contributed by atoms with E-state index in [9.17, 15) is 4.79 Å². The number of hydrogen-bond donors (Lipinski definition) is 2. The van der Waals surface area contributed by atoms with Crippen LogP contribution >= 0.6 is 24.8 Å². The molecule has 29 heavy (non-hydrogen) atoms. The molecule has 0 aromatic carbocycles. The zero-order valence-electron chi connectivity index (χ0n) is 19.6. The van der Waals surface area contributed by atoms with Gasteiger partial charge in [-0.05, 0) is 20.3 Å². The van der Waals surface area contributed by atoms with Gasteiger partial charge in [0, 0.05) is 39.0 Å². The van der Waals surface area contributed by atoms with Crippen molar-refractivity contribution in [2.45, 2.75) is 124 Å². The van der Waals surface area contributed by atoms with Gasteiger partial charge in [-0.3, -0.25) is 4.79 Å². The van der Waals surface area contributed by atoms with Gasteiger partial charge in [0.05, 0.1) is 0 Å². The minimum Gasteiger partial charge on any atom is -0.481 e. The second-order valence-electron chi connectivity index (χ2n) is 7.55. The molecule has 0 rings (SSSR count). The van der Waals surface area contributed by atoms with Crippen LogP contribution in [-0.2, 0) is 24.3 Å². The Morgan fingerprint density at radius 3 is 1.24 bits per heavy atom. The maximum Gasteiger partial charge on any atom is 0.303 e. The Bertz CT molecular complexity index is 354. The molecule has 0 saturated heterocycles. The summed E-state index contributed by atoms with van der Waals surface area (Å²) >= 11 is 8.82. The Morgan fingerprint density at radius 1 is 0.724 bits per heavy atom. The molecule has 0 bridgehead atoms. The van der Waals surface area contributed by atoms with Gasteiger partial charge in [0.1, 0.15) is 4.32 Å². The number of carboxylic acid groups (broad SMARTS) is 1. The van der Waals surface area contributed by atoms with Crippen LogP contribution in [0.1, 0.15) is 124 Å². The van der Waals surface area contributed by atoms with Gasteiger partial charge in [0.15, 0.2) is 0 Å². The van der Waals surface area contributed by atoms with Gasteiger partial charge in [0.25, 0.3) is 0 Å². The van der Waals surface area contributed by atoms with Crippen molar-refractivity contribution in [2.75, 3.05) is 13.1 Å². The number of carboxylic acids is 1. The molecule has 0 fully saturated rings. The molecule has 0 radical (unpaired) electrons. The van der Waals surface area contributed by atoms with E-state index in [1.165, 1.54) is 83.5 Å². The van der Waals surface area contributed by atoms with E-state index in [1.54, 1.807) is 0 Å². The van der Waals surface area contributed by atoms with Crippen molar-refractivity contribution in [3.63, 3.8) is 0 Å². The maximum absolute atomic E-state index is 10.3. The maximum atomic E-state index is 10.3. The number of unbranched alkanes of at least 4 members (excludes halogenated alkanes) is 14. The molecule has 6 heteroatoms. The SMILES string of the molecule is CCCCCCCCCCCCCCCCCC(=O)O.CCN(CC)C(=S)S.[Zn]. The number of carbonyl (C=O) groups is 1. The van der Waals surface area contributed by atoms with E-state index in [2.05, 4.69) is 33.4 Å². The summed E-state index contributed by atoms with van der Waals surface area (Å²) in [4.78, 5) is 12.3. The number of thiocarbonyl (C=S) groups is 1. The molecule has 0 aliphatic heterocycles. The van der Waals surface area contributed by atoms with Crippen LogP contribution in [0.2, 0.25) is 0 Å². The minimum absolute atomic E-state index is 0. The van der Waals surface area contributed by atoms with E-state index in [4.69, 9.17) is 17.3 Å². The van der Waals surface area contributed by atoms with E-state index in [-0.39, 0.29) is 19.5 Å². The molecule has 0 saturated carbocycles. The number of thiol groups is 1. The first-order valence-electron chi connectivity index (χ1n) is 11.7. The minimum atomic E-state index is -0.653. The Kier molecular flexibility index (Phi) is 33.2. The molecule has 0 aromatic heterocycles. The number of rotatable bonds is 18. The Morgan fingerprint density at radius 2 is 1.03 bits per heavy atom. The summed E-state index contributed by atoms with van der Waals surface area (Å²) in [6, 6.07) is 0. The first-order chi connectivity index (χ1) is 13.5. The topological polar surface area (TPSA) is 40.5 Å². The predicted octanol–water partition coefficient (Wildman–Crippen LogP) is 7.87. The van der Waals surface area contributed by atoms with Gasteiger partial charge in [-0.1, -0.05) is 109 Å². The molecule has 0 unspecified atom stereocenters. The van der Waals surface area contributed by atoms with Crippen LogP contribution in [0.15, 0.2) is 0 Å². The summed E-state index contributed by atoms with van der Waals surface area (Å²) in [5, 5.41) is 8.52. The monoisotopic (exact) mass is 497 g/mol. The van der Waals surface area contributed by atoms with Gasteiger partial charge >= 0.3 is 5.97 Å². The molecular weight excluding hydrogens is 452 g/mol. The Balaban J connectivity index is -0.000000636. The van der Waals surface area contributed by atoms with E-state index in [0.29, 0.717) is 10.7 Å². The fraction of sp³-hybridized carbons (Fsp3) is 0.913. The smallest absolute Gasteiger partial charge is 0.303 e. The largest absolute Gasteiger partial charge is 0.481 e. The van der Waals surface area contributed by atoms with Gasteiger partial charge < -0.3 is 10.0 Å². The van der Waals surface area contributed by atoms with Crippen molar-refractivity contribution >= 4 is 35.1 Å². The average molecular weight is 499 g/mol. The fourth-order valence-corrected chi connectivity index (χ4v) is 3.68. The van der Waals surface area contributed by atoms with Crippen LogP contribution in [0.4, 0.5) is 0 Å². The summed E-state index contributed by atoms with van der Waals surface area (Å²) in [5.41, 5.74) is 0. The predicted molar refractivity (Wildman–Crippen MR) is 132 cm³/mol. The second-order valence-corrected chi connectivity index (χ2v) is 8.66. The first-order valence-corrected chi connectivity index (χ1v) is 12.5. The van der Waals surface area contributed by atoms with Crippen molar-refractivity contribution in [2.24, 2.45) is 0 Å². The zero-order chi connectivity index (χ0) is 21.5. The summed E-state index contributed by atoms with van der Waals surface area (Å²) in [5.74, 6) is -0.653. The number of nitrogens with zero attached hydrogens (tertiary/aromatic N) is 1. The molecule has 3 nitrogen and oxygen atoms in total. The second kappa shape index (κ2) is 28.3. The number of hydrogen-bond acceptors (Lipinski definition) is 2. The molecule has 0 aliphatic carbocycles. The summed E-state index contributed by atoms with van der Waals surface area (Å²) < 4.78 is 0.690. The third-order valence-electron chi connectivity index (χ3n) is 5.03. The summed E-state index contributed by atoms with van der Waals surface area (Å²) in [7, 11) is 0. The normalized spacial score (nSPS) is 9.93. The molecule has 0 heterocycles. The van der Waals surface area contributed by atoms with Crippen molar-refractivity contribution < 1.29 is 29.4 Å². The van der Waals surface area contributed by atoms with Crippen molar-refractivity contribution in [3.8, 4) is 0 Å². The van der Waals surface area contributed by atoms with Crippen molar-refractivity contribution in [1.82, 2.24) is 4.90 Å². The first kappa shape index (κ1) is 34.0. The molecule has 1 N–H and O–H groups in total. The van der Waals surface area contributed by atoms with E-state index in [0.717, 1.165) is 25.9 Å². The molecular formula is C23H47NO2S2Zn. The van der Waals surface area contributed by atoms with Crippen LogP contribution in [0.25, 0.3) is 0 Å². The molecule has 0 amide bonds. The summed E-state index contributed by atoms with van der Waals surface area (Å²) in [6.07, 6.45) is 20.2. The van der Waals surface area contributed by atoms with Crippen LogP contribution in [-0.4, -0.2) is 33.4 Å². The Hall–Kier alpha value is 0.333. The van der Waals surface area contributed by atoms with Crippen molar-refractivity contribution in [1.29, 1.82) is 0 Å². The van der Waals surface area contributed by atoms with E-state index < -0.39 is 5.97 Å². The third-order valence-corrected chi connectivity index (χ3v) is 5.57.